The van der Waals surface area contributed by atoms with Gasteiger partial charge in [-0.1, -0.05) is 24.3 Å². The molecule has 0 saturated carbocycles. The van der Waals surface area contributed by atoms with Gasteiger partial charge in [0.2, 0.25) is 0 Å². The van der Waals surface area contributed by atoms with E-state index in [1.807, 2.05) is 30.6 Å². The number of hydrogen-bond acceptors (Lipinski definition) is 1. The van der Waals surface area contributed by atoms with Gasteiger partial charge in [-0.3, -0.25) is 4.99 Å². The van der Waals surface area contributed by atoms with Crippen molar-refractivity contribution >= 4 is 6.21 Å². The summed E-state index contributed by atoms with van der Waals surface area (Å²) in [6, 6.07) is 9.01. The average molecular weight is 142 g/mol. The van der Waals surface area contributed by atoms with Crippen LogP contribution < -0.4 is 0 Å². The third-order valence-electron chi connectivity index (χ3n) is 1.73. The van der Waals surface area contributed by atoms with E-state index in [0.717, 1.165) is 6.42 Å². The first-order valence-corrected chi connectivity index (χ1v) is 3.64. The summed E-state index contributed by atoms with van der Waals surface area (Å²) >= 11 is 0. The minimum Gasteiger partial charge on any atom is -0.264 e. The highest BCUT2D eigenvalue weighted by Crippen LogP contribution is 2.09. The molecule has 1 aliphatic rings. The summed E-state index contributed by atoms with van der Waals surface area (Å²) < 4.78 is 0. The summed E-state index contributed by atoms with van der Waals surface area (Å²) in [7, 11) is 0. The Labute approximate surface area is 66.1 Å². The minimum absolute atomic E-state index is 0.965. The normalized spacial score (nSPS) is 14.2. The molecule has 11 heavy (non-hydrogen) atoms. The molecule has 0 bridgehead atoms. The maximum absolute atomic E-state index is 4.09. The van der Waals surface area contributed by atoms with Gasteiger partial charge >= 0.3 is 0 Å². The number of hydrogen-bond donors (Lipinski definition) is 0. The van der Waals surface area contributed by atoms with Gasteiger partial charge in [0.25, 0.3) is 0 Å². The fraction of sp³-hybridized carbons (Fsp3) is 0.100. The van der Waals surface area contributed by atoms with Gasteiger partial charge in [0.1, 0.15) is 0 Å². The van der Waals surface area contributed by atoms with Crippen molar-refractivity contribution < 1.29 is 0 Å². The van der Waals surface area contributed by atoms with Crippen LogP contribution >= 0.6 is 0 Å². The molecule has 53 valence electrons. The Balaban J connectivity index is 2.52. The van der Waals surface area contributed by atoms with Crippen molar-refractivity contribution in [1.29, 1.82) is 0 Å². The first-order chi connectivity index (χ1) is 5.47. The Morgan fingerprint density at radius 1 is 1.45 bits per heavy atom. The lowest BCUT2D eigenvalue weighted by atomic mass is 10.1. The lowest BCUT2D eigenvalue weighted by Crippen LogP contribution is -1.88. The van der Waals surface area contributed by atoms with Gasteiger partial charge in [-0.2, -0.15) is 0 Å². The predicted molar refractivity (Wildman–Crippen MR) is 45.7 cm³/mol. The molecule has 0 spiro atoms. The second kappa shape index (κ2) is 2.70. The molecule has 1 nitrogen and oxygen atoms in total. The Kier molecular flexibility index (Phi) is 1.56. The van der Waals surface area contributed by atoms with E-state index in [-0.39, 0.29) is 0 Å². The van der Waals surface area contributed by atoms with Gasteiger partial charge in [0, 0.05) is 12.4 Å². The molecule has 0 unspecified atom stereocenters. The van der Waals surface area contributed by atoms with Crippen LogP contribution in [0.25, 0.3) is 0 Å². The monoisotopic (exact) mass is 142 g/mol. The summed E-state index contributed by atoms with van der Waals surface area (Å²) in [5.74, 6) is 0. The van der Waals surface area contributed by atoms with E-state index in [0.29, 0.717) is 0 Å². The SMILES string of the molecule is [c]1ccc2c(c1)CC=CN=C2. The summed E-state index contributed by atoms with van der Waals surface area (Å²) in [6.07, 6.45) is 6.73. The lowest BCUT2D eigenvalue weighted by molar-refractivity contribution is 1.26. The molecule has 0 aliphatic carbocycles. The van der Waals surface area contributed by atoms with E-state index >= 15 is 0 Å². The predicted octanol–water partition coefficient (Wildman–Crippen LogP) is 1.98. The van der Waals surface area contributed by atoms with E-state index in [2.05, 4.69) is 17.1 Å². The molecule has 1 radical (unpaired) electrons. The summed E-state index contributed by atoms with van der Waals surface area (Å²) in [4.78, 5) is 4.09. The van der Waals surface area contributed by atoms with E-state index in [1.54, 1.807) is 0 Å². The zero-order valence-corrected chi connectivity index (χ0v) is 6.12. The van der Waals surface area contributed by atoms with Crippen molar-refractivity contribution in [3.63, 3.8) is 0 Å². The van der Waals surface area contributed by atoms with Crippen molar-refractivity contribution in [2.75, 3.05) is 0 Å². The molecule has 1 aromatic carbocycles. The molecule has 1 heteroatoms. The Morgan fingerprint density at radius 3 is 3.45 bits per heavy atom. The van der Waals surface area contributed by atoms with Gasteiger partial charge in [0.05, 0.1) is 0 Å². The van der Waals surface area contributed by atoms with E-state index in [4.69, 9.17) is 0 Å². The fourth-order valence-electron chi connectivity index (χ4n) is 1.14. The number of allylic oxidation sites excluding steroid dienone is 1. The maximum atomic E-state index is 4.09. The highest BCUT2D eigenvalue weighted by atomic mass is 14.7. The molecule has 0 aromatic heterocycles. The van der Waals surface area contributed by atoms with Crippen molar-refractivity contribution in [2.24, 2.45) is 4.99 Å². The topological polar surface area (TPSA) is 12.4 Å². The zero-order valence-electron chi connectivity index (χ0n) is 6.12. The second-order valence-corrected chi connectivity index (χ2v) is 2.49. The number of rotatable bonds is 0. The number of benzene rings is 1. The van der Waals surface area contributed by atoms with E-state index < -0.39 is 0 Å². The Hall–Kier alpha value is -1.37. The molecule has 0 atom stereocenters. The van der Waals surface area contributed by atoms with E-state index in [1.165, 1.54) is 11.1 Å². The van der Waals surface area contributed by atoms with Crippen LogP contribution in [0, 0.1) is 6.07 Å². The van der Waals surface area contributed by atoms with Gasteiger partial charge in [-0.05, 0) is 23.6 Å². The van der Waals surface area contributed by atoms with Crippen LogP contribution in [0.2, 0.25) is 0 Å². The zero-order chi connectivity index (χ0) is 7.52. The highest BCUT2D eigenvalue weighted by molar-refractivity contribution is 5.82. The molecule has 0 fully saturated rings. The number of aliphatic imine (C=N–C) groups is 1. The lowest BCUT2D eigenvalue weighted by Gasteiger charge is -1.98. The van der Waals surface area contributed by atoms with Gasteiger partial charge in [-0.25, -0.2) is 0 Å². The van der Waals surface area contributed by atoms with Crippen LogP contribution in [-0.4, -0.2) is 6.21 Å². The van der Waals surface area contributed by atoms with Crippen molar-refractivity contribution in [1.82, 2.24) is 0 Å². The molecular weight excluding hydrogens is 134 g/mol. The quantitative estimate of drug-likeness (QED) is 0.525. The Morgan fingerprint density at radius 2 is 2.45 bits per heavy atom. The van der Waals surface area contributed by atoms with Crippen molar-refractivity contribution in [3.8, 4) is 0 Å². The molecule has 1 heterocycles. The third kappa shape index (κ3) is 1.22. The molecule has 0 saturated heterocycles. The standard InChI is InChI=1S/C10H8N/c1-2-5-10-8-11-7-3-6-9(10)4-1/h2-5,7-8H,6H2. The van der Waals surface area contributed by atoms with Crippen molar-refractivity contribution in [2.45, 2.75) is 6.42 Å². The highest BCUT2D eigenvalue weighted by Gasteiger charge is 1.97. The van der Waals surface area contributed by atoms with Crippen LogP contribution in [0.5, 0.6) is 0 Å². The molecule has 0 N–H and O–H groups in total. The summed E-state index contributed by atoms with van der Waals surface area (Å²) in [5, 5.41) is 0. The largest absolute Gasteiger partial charge is 0.264 e. The summed E-state index contributed by atoms with van der Waals surface area (Å²) in [6.45, 7) is 0. The van der Waals surface area contributed by atoms with Crippen LogP contribution in [0.15, 0.2) is 35.5 Å². The minimum atomic E-state index is 0.965. The summed E-state index contributed by atoms with van der Waals surface area (Å²) in [5.41, 5.74) is 2.50. The molecule has 1 aromatic rings. The first-order valence-electron chi connectivity index (χ1n) is 3.64. The first kappa shape index (κ1) is 6.35. The Bertz CT molecular complexity index is 310. The van der Waals surface area contributed by atoms with Crippen LogP contribution in [0.4, 0.5) is 0 Å². The molecule has 0 amide bonds. The third-order valence-corrected chi connectivity index (χ3v) is 1.73. The number of fused-ring (bicyclic) bond motifs is 1. The second-order valence-electron chi connectivity index (χ2n) is 2.49. The van der Waals surface area contributed by atoms with E-state index in [9.17, 15) is 0 Å². The van der Waals surface area contributed by atoms with Crippen LogP contribution in [-0.2, 0) is 6.42 Å². The van der Waals surface area contributed by atoms with Crippen molar-refractivity contribution in [3.05, 3.63) is 47.7 Å². The van der Waals surface area contributed by atoms with Gasteiger partial charge in [0.15, 0.2) is 0 Å². The maximum Gasteiger partial charge on any atom is 0.0343 e. The fourth-order valence-corrected chi connectivity index (χ4v) is 1.14. The molecule has 2 rings (SSSR count). The van der Waals surface area contributed by atoms with Gasteiger partial charge in [-0.15, -0.1) is 0 Å². The smallest absolute Gasteiger partial charge is 0.0343 e. The number of nitrogens with zero attached hydrogens (tertiary/aromatic N) is 1. The van der Waals surface area contributed by atoms with Gasteiger partial charge < -0.3 is 0 Å². The molecule has 1 aliphatic heterocycles. The molecular formula is C10H8N. The van der Waals surface area contributed by atoms with Crippen LogP contribution in [0.1, 0.15) is 11.1 Å². The van der Waals surface area contributed by atoms with Crippen LogP contribution in [0.3, 0.4) is 0 Å². The average Bonchev–Trinajstić information content (AvgIpc) is 2.28.